The zero-order chi connectivity index (χ0) is 16.4. The van der Waals surface area contributed by atoms with E-state index in [0.717, 1.165) is 5.56 Å². The number of aryl methyl sites for hydroxylation is 1. The van der Waals surface area contributed by atoms with Crippen molar-refractivity contribution in [3.63, 3.8) is 0 Å². The number of hydrogen-bond donors (Lipinski definition) is 1. The maximum atomic E-state index is 12.6. The van der Waals surface area contributed by atoms with E-state index < -0.39 is 11.9 Å². The van der Waals surface area contributed by atoms with Crippen LogP contribution in [-0.2, 0) is 4.79 Å². The van der Waals surface area contributed by atoms with E-state index in [1.165, 1.54) is 0 Å². The number of aliphatic carboxylic acids is 1. The van der Waals surface area contributed by atoms with Crippen molar-refractivity contribution in [3.8, 4) is 11.5 Å². The van der Waals surface area contributed by atoms with Gasteiger partial charge < -0.3 is 14.4 Å². The largest absolute Gasteiger partial charge is 0.481 e. The fourth-order valence-electron chi connectivity index (χ4n) is 2.81. The second kappa shape index (κ2) is 6.24. The fourth-order valence-corrected chi connectivity index (χ4v) is 2.81. The summed E-state index contributed by atoms with van der Waals surface area (Å²) in [4.78, 5) is 29.6. The standard InChI is InChI=1S/C17H18N2O4/c1-11-14(23-15(18-11)12-6-3-2-4-7-12)16(20)19-9-5-8-13(10-19)17(21)22/h2-4,6-7,13H,5,8-10H2,1H3,(H,21,22)/t13-/m0/s1. The summed E-state index contributed by atoms with van der Waals surface area (Å²) in [5.74, 6) is -1.07. The number of rotatable bonds is 3. The molecule has 0 aliphatic carbocycles. The van der Waals surface area contributed by atoms with Gasteiger partial charge in [-0.2, -0.15) is 0 Å². The van der Waals surface area contributed by atoms with Gasteiger partial charge in [-0.05, 0) is 31.9 Å². The van der Waals surface area contributed by atoms with Crippen LogP contribution in [0.1, 0.15) is 29.1 Å². The first-order chi connectivity index (χ1) is 11.1. The molecule has 1 aromatic carbocycles. The number of carbonyl (C=O) groups excluding carboxylic acids is 1. The minimum Gasteiger partial charge on any atom is -0.481 e. The molecule has 1 fully saturated rings. The van der Waals surface area contributed by atoms with E-state index in [0.29, 0.717) is 31.0 Å². The monoisotopic (exact) mass is 314 g/mol. The Morgan fingerprint density at radius 3 is 2.74 bits per heavy atom. The van der Waals surface area contributed by atoms with Crippen molar-refractivity contribution in [1.29, 1.82) is 0 Å². The molecule has 0 bridgehead atoms. The first kappa shape index (κ1) is 15.3. The van der Waals surface area contributed by atoms with Crippen molar-refractivity contribution in [2.45, 2.75) is 19.8 Å². The molecule has 1 aliphatic rings. The molecule has 0 spiro atoms. The van der Waals surface area contributed by atoms with Crippen LogP contribution < -0.4 is 0 Å². The lowest BCUT2D eigenvalue weighted by Crippen LogP contribution is -2.42. The molecule has 0 saturated carbocycles. The fraction of sp³-hybridized carbons (Fsp3) is 0.353. The maximum Gasteiger partial charge on any atom is 0.308 e. The topological polar surface area (TPSA) is 83.6 Å². The van der Waals surface area contributed by atoms with E-state index in [1.807, 2.05) is 30.3 Å². The van der Waals surface area contributed by atoms with Crippen molar-refractivity contribution in [3.05, 3.63) is 41.8 Å². The minimum atomic E-state index is -0.859. The molecule has 3 rings (SSSR count). The summed E-state index contributed by atoms with van der Waals surface area (Å²) in [6.07, 6.45) is 1.28. The van der Waals surface area contributed by atoms with Gasteiger partial charge >= 0.3 is 5.97 Å². The van der Waals surface area contributed by atoms with E-state index in [1.54, 1.807) is 11.8 Å². The van der Waals surface area contributed by atoms with E-state index in [4.69, 9.17) is 9.52 Å². The lowest BCUT2D eigenvalue weighted by atomic mass is 9.98. The van der Waals surface area contributed by atoms with Crippen LogP contribution in [0, 0.1) is 12.8 Å². The van der Waals surface area contributed by atoms with Crippen LogP contribution in [0.15, 0.2) is 34.7 Å². The third-order valence-electron chi connectivity index (χ3n) is 4.07. The van der Waals surface area contributed by atoms with Crippen molar-refractivity contribution < 1.29 is 19.1 Å². The zero-order valence-electron chi connectivity index (χ0n) is 12.9. The van der Waals surface area contributed by atoms with Crippen molar-refractivity contribution in [1.82, 2.24) is 9.88 Å². The third kappa shape index (κ3) is 3.11. The van der Waals surface area contributed by atoms with Gasteiger partial charge in [0.25, 0.3) is 5.91 Å². The second-order valence-electron chi connectivity index (χ2n) is 5.73. The predicted molar refractivity (Wildman–Crippen MR) is 82.9 cm³/mol. The molecule has 0 radical (unpaired) electrons. The Labute approximate surface area is 133 Å². The quantitative estimate of drug-likeness (QED) is 0.941. The number of oxazole rings is 1. The Morgan fingerprint density at radius 2 is 2.04 bits per heavy atom. The molecule has 0 unspecified atom stereocenters. The average molecular weight is 314 g/mol. The molecule has 6 nitrogen and oxygen atoms in total. The Bertz CT molecular complexity index is 723. The lowest BCUT2D eigenvalue weighted by Gasteiger charge is -2.30. The number of piperidine rings is 1. The molecule has 2 aromatic rings. The first-order valence-electron chi connectivity index (χ1n) is 7.61. The number of benzene rings is 1. The number of amides is 1. The smallest absolute Gasteiger partial charge is 0.308 e. The molecular formula is C17H18N2O4. The highest BCUT2D eigenvalue weighted by atomic mass is 16.4. The third-order valence-corrected chi connectivity index (χ3v) is 4.07. The molecule has 6 heteroatoms. The highest BCUT2D eigenvalue weighted by molar-refractivity contribution is 5.93. The van der Waals surface area contributed by atoms with Crippen molar-refractivity contribution >= 4 is 11.9 Å². The highest BCUT2D eigenvalue weighted by Crippen LogP contribution is 2.24. The van der Waals surface area contributed by atoms with Crippen molar-refractivity contribution in [2.75, 3.05) is 13.1 Å². The lowest BCUT2D eigenvalue weighted by molar-refractivity contribution is -0.143. The van der Waals surface area contributed by atoms with Gasteiger partial charge in [0, 0.05) is 18.7 Å². The van der Waals surface area contributed by atoms with Crippen LogP contribution in [0.25, 0.3) is 11.5 Å². The number of aromatic nitrogens is 1. The molecule has 120 valence electrons. The number of carbonyl (C=O) groups is 2. The van der Waals surface area contributed by atoms with Gasteiger partial charge in [0.2, 0.25) is 11.7 Å². The molecule has 2 heterocycles. The van der Waals surface area contributed by atoms with E-state index in [2.05, 4.69) is 4.98 Å². The van der Waals surface area contributed by atoms with Gasteiger partial charge in [0.05, 0.1) is 11.6 Å². The van der Waals surface area contributed by atoms with E-state index in [9.17, 15) is 9.59 Å². The van der Waals surface area contributed by atoms with Gasteiger partial charge in [0.15, 0.2) is 0 Å². The van der Waals surface area contributed by atoms with Gasteiger partial charge in [-0.1, -0.05) is 18.2 Å². The van der Waals surface area contributed by atoms with Gasteiger partial charge in [-0.3, -0.25) is 9.59 Å². The first-order valence-corrected chi connectivity index (χ1v) is 7.61. The van der Waals surface area contributed by atoms with E-state index in [-0.39, 0.29) is 18.2 Å². The summed E-state index contributed by atoms with van der Waals surface area (Å²) < 4.78 is 5.66. The molecule has 1 aliphatic heterocycles. The Hall–Kier alpha value is -2.63. The summed E-state index contributed by atoms with van der Waals surface area (Å²) >= 11 is 0. The summed E-state index contributed by atoms with van der Waals surface area (Å²) in [7, 11) is 0. The SMILES string of the molecule is Cc1nc(-c2ccccc2)oc1C(=O)N1CCC[C@H](C(=O)O)C1. The maximum absolute atomic E-state index is 12.6. The number of likely N-dealkylation sites (tertiary alicyclic amines) is 1. The van der Waals surface area contributed by atoms with Crippen LogP contribution in [0.4, 0.5) is 0 Å². The van der Waals surface area contributed by atoms with Crippen LogP contribution in [0.5, 0.6) is 0 Å². The summed E-state index contributed by atoms with van der Waals surface area (Å²) in [5.41, 5.74) is 1.32. The zero-order valence-corrected chi connectivity index (χ0v) is 12.9. The van der Waals surface area contributed by atoms with Crippen LogP contribution >= 0.6 is 0 Å². The number of nitrogens with zero attached hydrogens (tertiary/aromatic N) is 2. The van der Waals surface area contributed by atoms with Crippen LogP contribution in [-0.4, -0.2) is 40.0 Å². The summed E-state index contributed by atoms with van der Waals surface area (Å²) in [6.45, 7) is 2.49. The molecule has 1 atom stereocenters. The van der Waals surface area contributed by atoms with Crippen LogP contribution in [0.3, 0.4) is 0 Å². The molecule has 1 saturated heterocycles. The highest BCUT2D eigenvalue weighted by Gasteiger charge is 2.31. The van der Waals surface area contributed by atoms with Crippen molar-refractivity contribution in [2.24, 2.45) is 5.92 Å². The second-order valence-corrected chi connectivity index (χ2v) is 5.73. The Kier molecular flexibility index (Phi) is 4.14. The van der Waals surface area contributed by atoms with Gasteiger partial charge in [-0.15, -0.1) is 0 Å². The van der Waals surface area contributed by atoms with Gasteiger partial charge in [-0.25, -0.2) is 4.98 Å². The van der Waals surface area contributed by atoms with Gasteiger partial charge in [0.1, 0.15) is 0 Å². The van der Waals surface area contributed by atoms with Crippen LogP contribution in [0.2, 0.25) is 0 Å². The number of carboxylic acids is 1. The number of carboxylic acid groups (broad SMARTS) is 1. The normalized spacial score (nSPS) is 18.0. The number of hydrogen-bond acceptors (Lipinski definition) is 4. The van der Waals surface area contributed by atoms with E-state index >= 15 is 0 Å². The molecule has 23 heavy (non-hydrogen) atoms. The summed E-state index contributed by atoms with van der Waals surface area (Å²) in [6, 6.07) is 9.36. The molecule has 1 N–H and O–H groups in total. The molecular weight excluding hydrogens is 296 g/mol. The average Bonchev–Trinajstić information content (AvgIpc) is 2.97. The molecule has 1 amide bonds. The Morgan fingerprint density at radius 1 is 1.30 bits per heavy atom. The predicted octanol–water partition coefficient (Wildman–Crippen LogP) is 2.59. The Balaban J connectivity index is 1.83. The summed E-state index contributed by atoms with van der Waals surface area (Å²) in [5, 5.41) is 9.14. The molecule has 1 aromatic heterocycles. The minimum absolute atomic E-state index is 0.190.